The van der Waals surface area contributed by atoms with E-state index in [0.29, 0.717) is 23.8 Å². The zero-order valence-corrected chi connectivity index (χ0v) is 20.9. The summed E-state index contributed by atoms with van der Waals surface area (Å²) in [4.78, 5) is 30.4. The van der Waals surface area contributed by atoms with Crippen LogP contribution >= 0.6 is 0 Å². The highest BCUT2D eigenvalue weighted by molar-refractivity contribution is 5.96. The molecule has 0 aliphatic carbocycles. The molecule has 0 unspecified atom stereocenters. The average Bonchev–Trinajstić information content (AvgIpc) is 3.64. The fraction of sp³-hybridized carbons (Fsp3) is 0.269. The molecule has 0 saturated carbocycles. The van der Waals surface area contributed by atoms with Gasteiger partial charge in [0.05, 0.1) is 24.0 Å². The van der Waals surface area contributed by atoms with Gasteiger partial charge in [-0.15, -0.1) is 10.2 Å². The lowest BCUT2D eigenvalue weighted by molar-refractivity contribution is 0.101. The SMILES string of the molecule is CCCCc1cn(-c2c(C(C)=O)cnn2C)c(=O)n1Cc1ccc(-c2ccccc2-c2nn[nH]n2)cn1. The first-order valence-corrected chi connectivity index (χ1v) is 12.1. The highest BCUT2D eigenvalue weighted by Gasteiger charge is 2.20. The Bertz CT molecular complexity index is 1590. The zero-order valence-electron chi connectivity index (χ0n) is 20.9. The van der Waals surface area contributed by atoms with E-state index < -0.39 is 0 Å². The zero-order chi connectivity index (χ0) is 25.9. The number of H-pyrrole nitrogens is 1. The molecule has 188 valence electrons. The van der Waals surface area contributed by atoms with Crippen LogP contribution in [0.2, 0.25) is 0 Å². The molecular formula is C26H27N9O2. The summed E-state index contributed by atoms with van der Waals surface area (Å²) in [7, 11) is 1.73. The van der Waals surface area contributed by atoms with Gasteiger partial charge in [-0.2, -0.15) is 10.3 Å². The minimum absolute atomic E-state index is 0.142. The topological polar surface area (TPSA) is 129 Å². The Balaban J connectivity index is 1.50. The number of carbonyl (C=O) groups is 1. The van der Waals surface area contributed by atoms with Gasteiger partial charge in [-0.3, -0.25) is 23.6 Å². The number of ketones is 1. The van der Waals surface area contributed by atoms with E-state index in [9.17, 15) is 9.59 Å². The summed E-state index contributed by atoms with van der Waals surface area (Å²) in [6, 6.07) is 11.7. The van der Waals surface area contributed by atoms with Crippen LogP contribution in [-0.4, -0.2) is 50.3 Å². The van der Waals surface area contributed by atoms with E-state index in [2.05, 4.69) is 37.6 Å². The first kappa shape index (κ1) is 24.0. The molecule has 0 radical (unpaired) electrons. The van der Waals surface area contributed by atoms with E-state index in [1.807, 2.05) is 42.6 Å². The Morgan fingerprint density at radius 3 is 2.57 bits per heavy atom. The molecule has 0 aliphatic rings. The smallest absolute Gasteiger partial charge is 0.294 e. The third-order valence-electron chi connectivity index (χ3n) is 6.33. The Labute approximate surface area is 212 Å². The first-order valence-electron chi connectivity index (χ1n) is 12.1. The summed E-state index contributed by atoms with van der Waals surface area (Å²) >= 11 is 0. The molecule has 1 N–H and O–H groups in total. The minimum Gasteiger partial charge on any atom is -0.294 e. The molecular weight excluding hydrogens is 470 g/mol. The van der Waals surface area contributed by atoms with E-state index in [-0.39, 0.29) is 11.5 Å². The Hall–Kier alpha value is -4.67. The Kier molecular flexibility index (Phi) is 6.59. The maximum absolute atomic E-state index is 13.6. The molecule has 0 atom stereocenters. The van der Waals surface area contributed by atoms with Crippen molar-refractivity contribution in [2.45, 2.75) is 39.7 Å². The Morgan fingerprint density at radius 1 is 1.08 bits per heavy atom. The lowest BCUT2D eigenvalue weighted by Crippen LogP contribution is -2.27. The van der Waals surface area contributed by atoms with Crippen molar-refractivity contribution in [1.29, 1.82) is 0 Å². The van der Waals surface area contributed by atoms with Crippen LogP contribution in [0.1, 0.15) is 48.4 Å². The van der Waals surface area contributed by atoms with Gasteiger partial charge in [-0.25, -0.2) is 4.79 Å². The van der Waals surface area contributed by atoms with Crippen molar-refractivity contribution in [1.82, 2.24) is 44.5 Å². The molecule has 0 bridgehead atoms. The number of aromatic nitrogens is 9. The summed E-state index contributed by atoms with van der Waals surface area (Å²) < 4.78 is 4.80. The summed E-state index contributed by atoms with van der Waals surface area (Å²) in [6.45, 7) is 3.90. The number of tetrazole rings is 1. The standard InChI is InChI=1S/C26H27N9O2/c1-4-5-8-20-16-35(25-23(17(2)36)14-28-33(25)3)26(37)34(20)15-19-12-11-18(13-27-19)21-9-6-7-10-22(21)24-29-31-32-30-24/h6-7,9-14,16H,4-5,8,15H2,1-3H3,(H,29,30,31,32). The predicted octanol–water partition coefficient (Wildman–Crippen LogP) is 3.21. The number of imidazole rings is 1. The van der Waals surface area contributed by atoms with Gasteiger partial charge in [-0.05, 0) is 36.6 Å². The highest BCUT2D eigenvalue weighted by Crippen LogP contribution is 2.29. The fourth-order valence-corrected chi connectivity index (χ4v) is 4.42. The number of nitrogens with zero attached hydrogens (tertiary/aromatic N) is 8. The quantitative estimate of drug-likeness (QED) is 0.310. The molecule has 1 aromatic carbocycles. The van der Waals surface area contributed by atoms with E-state index >= 15 is 0 Å². The molecule has 0 fully saturated rings. The number of carbonyl (C=O) groups excluding carboxylic acids is 1. The van der Waals surface area contributed by atoms with Crippen LogP contribution in [0.5, 0.6) is 0 Å². The van der Waals surface area contributed by atoms with Crippen LogP contribution in [-0.2, 0) is 20.0 Å². The molecule has 0 aliphatic heterocycles. The molecule has 11 nitrogen and oxygen atoms in total. The second-order valence-electron chi connectivity index (χ2n) is 8.84. The molecule has 5 aromatic rings. The average molecular weight is 498 g/mol. The summed E-state index contributed by atoms with van der Waals surface area (Å²) in [5, 5.41) is 18.6. The molecule has 0 saturated heterocycles. The first-order chi connectivity index (χ1) is 18.0. The molecule has 4 heterocycles. The maximum atomic E-state index is 13.6. The third-order valence-corrected chi connectivity index (χ3v) is 6.33. The van der Waals surface area contributed by atoms with E-state index in [1.54, 1.807) is 22.5 Å². The number of aromatic amines is 1. The number of aryl methyl sites for hydroxylation is 2. The minimum atomic E-state index is -0.231. The van der Waals surface area contributed by atoms with Gasteiger partial charge in [0, 0.05) is 36.3 Å². The maximum Gasteiger partial charge on any atom is 0.334 e. The van der Waals surface area contributed by atoms with Crippen LogP contribution in [0.15, 0.2) is 59.8 Å². The Morgan fingerprint density at radius 2 is 1.89 bits per heavy atom. The van der Waals surface area contributed by atoms with Crippen molar-refractivity contribution in [3.8, 4) is 28.3 Å². The largest absolute Gasteiger partial charge is 0.334 e. The normalized spacial score (nSPS) is 11.2. The number of rotatable bonds is 9. The van der Waals surface area contributed by atoms with E-state index in [4.69, 9.17) is 0 Å². The van der Waals surface area contributed by atoms with Gasteiger partial charge in [0.25, 0.3) is 0 Å². The summed E-state index contributed by atoms with van der Waals surface area (Å²) in [5.41, 5.74) is 4.49. The van der Waals surface area contributed by atoms with Gasteiger partial charge in [-0.1, -0.05) is 43.7 Å². The van der Waals surface area contributed by atoms with Crippen LogP contribution in [0, 0.1) is 0 Å². The molecule has 0 amide bonds. The van der Waals surface area contributed by atoms with Crippen LogP contribution in [0.3, 0.4) is 0 Å². The molecule has 4 aromatic heterocycles. The lowest BCUT2D eigenvalue weighted by atomic mass is 10.0. The second-order valence-corrected chi connectivity index (χ2v) is 8.84. The van der Waals surface area contributed by atoms with Gasteiger partial charge < -0.3 is 0 Å². The van der Waals surface area contributed by atoms with Gasteiger partial charge >= 0.3 is 5.69 Å². The number of pyridine rings is 1. The second kappa shape index (κ2) is 10.1. The monoisotopic (exact) mass is 497 g/mol. The van der Waals surface area contributed by atoms with Gasteiger partial charge in [0.15, 0.2) is 5.78 Å². The van der Waals surface area contributed by atoms with Crippen molar-refractivity contribution in [3.05, 3.63) is 82.4 Å². The number of nitrogens with one attached hydrogen (secondary N) is 1. The van der Waals surface area contributed by atoms with Crippen molar-refractivity contribution in [3.63, 3.8) is 0 Å². The molecule has 0 spiro atoms. The third kappa shape index (κ3) is 4.63. The van der Waals surface area contributed by atoms with Crippen LogP contribution in [0.25, 0.3) is 28.3 Å². The van der Waals surface area contributed by atoms with Crippen LogP contribution in [0.4, 0.5) is 0 Å². The van der Waals surface area contributed by atoms with Crippen molar-refractivity contribution >= 4 is 5.78 Å². The number of unbranched alkanes of at least 4 members (excludes halogenated alkanes) is 1. The van der Waals surface area contributed by atoms with Gasteiger partial charge in [0.2, 0.25) is 5.82 Å². The van der Waals surface area contributed by atoms with E-state index in [1.165, 1.54) is 17.7 Å². The summed E-state index contributed by atoms with van der Waals surface area (Å²) in [6.07, 6.45) is 7.78. The van der Waals surface area contributed by atoms with E-state index in [0.717, 1.165) is 47.3 Å². The van der Waals surface area contributed by atoms with Crippen molar-refractivity contribution in [2.75, 3.05) is 0 Å². The number of benzene rings is 1. The fourth-order valence-electron chi connectivity index (χ4n) is 4.42. The molecule has 11 heteroatoms. The lowest BCUT2D eigenvalue weighted by Gasteiger charge is -2.09. The number of hydrogen-bond donors (Lipinski definition) is 1. The van der Waals surface area contributed by atoms with Crippen molar-refractivity contribution < 1.29 is 4.79 Å². The molecule has 37 heavy (non-hydrogen) atoms. The summed E-state index contributed by atoms with van der Waals surface area (Å²) in [5.74, 6) is 0.833. The van der Waals surface area contributed by atoms with Gasteiger partial charge in [0.1, 0.15) is 5.82 Å². The number of hydrogen-bond acceptors (Lipinski definition) is 7. The van der Waals surface area contributed by atoms with Crippen LogP contribution < -0.4 is 5.69 Å². The number of Topliss-reactive ketones (excluding diaryl/α,β-unsaturated/α-hetero) is 1. The van der Waals surface area contributed by atoms with Crippen molar-refractivity contribution in [2.24, 2.45) is 7.05 Å². The predicted molar refractivity (Wildman–Crippen MR) is 137 cm³/mol. The molecule has 5 rings (SSSR count). The highest BCUT2D eigenvalue weighted by atomic mass is 16.2.